The first kappa shape index (κ1) is 20.5. The molecule has 0 spiro atoms. The molecule has 0 unspecified atom stereocenters. The van der Waals surface area contributed by atoms with Crippen molar-refractivity contribution in [3.05, 3.63) is 89.0 Å². The topological polar surface area (TPSA) is 39.7 Å². The van der Waals surface area contributed by atoms with Gasteiger partial charge in [-0.1, -0.05) is 54.6 Å². The molecule has 4 nitrogen and oxygen atoms in total. The van der Waals surface area contributed by atoms with Gasteiger partial charge in [-0.15, -0.1) is 0 Å². The van der Waals surface area contributed by atoms with Gasteiger partial charge < -0.3 is 19.5 Å². The Morgan fingerprint density at radius 2 is 1.45 bits per heavy atom. The molecule has 0 atom stereocenters. The van der Waals surface area contributed by atoms with Crippen LogP contribution in [0.1, 0.15) is 22.3 Å². The number of benzene rings is 3. The highest BCUT2D eigenvalue weighted by Gasteiger charge is 2.11. The molecule has 0 saturated heterocycles. The Labute approximate surface area is 172 Å². The molecule has 0 aliphatic heterocycles. The Kier molecular flexibility index (Phi) is 7.31. The first-order valence-corrected chi connectivity index (χ1v) is 9.55. The molecule has 3 rings (SSSR count). The van der Waals surface area contributed by atoms with E-state index >= 15 is 0 Å². The Hall–Kier alpha value is -3.24. The molecule has 0 amide bonds. The standard InChI is InChI=1S/C25H27NO3/c1-27-22-13-10-19(11-14-22)9-12-21-15-23(28-2)16-25(29-3)24(21)18-26-17-20-7-5-4-6-8-20/h4-16,26H,17-18H2,1-3H3/b12-9+. The van der Waals surface area contributed by atoms with E-state index < -0.39 is 0 Å². The summed E-state index contributed by atoms with van der Waals surface area (Å²) in [6, 6.07) is 22.3. The molecule has 4 heteroatoms. The zero-order chi connectivity index (χ0) is 20.5. The fourth-order valence-corrected chi connectivity index (χ4v) is 3.11. The van der Waals surface area contributed by atoms with Gasteiger partial charge in [0.2, 0.25) is 0 Å². The molecule has 0 radical (unpaired) electrons. The minimum absolute atomic E-state index is 0.685. The third-order valence-corrected chi connectivity index (χ3v) is 4.72. The zero-order valence-corrected chi connectivity index (χ0v) is 17.1. The summed E-state index contributed by atoms with van der Waals surface area (Å²) in [6.45, 7) is 1.47. The maximum absolute atomic E-state index is 5.64. The first-order valence-electron chi connectivity index (χ1n) is 9.55. The smallest absolute Gasteiger partial charge is 0.127 e. The lowest BCUT2D eigenvalue weighted by Gasteiger charge is -2.15. The summed E-state index contributed by atoms with van der Waals surface area (Å²) in [4.78, 5) is 0. The molecule has 3 aromatic rings. The molecular formula is C25H27NO3. The Bertz CT molecular complexity index is 934. The second kappa shape index (κ2) is 10.3. The number of hydrogen-bond acceptors (Lipinski definition) is 4. The monoisotopic (exact) mass is 389 g/mol. The maximum atomic E-state index is 5.64. The van der Waals surface area contributed by atoms with Gasteiger partial charge in [0.25, 0.3) is 0 Å². The van der Waals surface area contributed by atoms with Crippen molar-refractivity contribution in [2.24, 2.45) is 0 Å². The van der Waals surface area contributed by atoms with E-state index in [1.54, 1.807) is 21.3 Å². The van der Waals surface area contributed by atoms with Crippen LogP contribution in [0.5, 0.6) is 17.2 Å². The van der Waals surface area contributed by atoms with E-state index in [9.17, 15) is 0 Å². The van der Waals surface area contributed by atoms with Crippen LogP contribution < -0.4 is 19.5 Å². The number of hydrogen-bond donors (Lipinski definition) is 1. The van der Waals surface area contributed by atoms with E-state index in [2.05, 4.69) is 29.6 Å². The maximum Gasteiger partial charge on any atom is 0.127 e. The molecule has 150 valence electrons. The first-order chi connectivity index (χ1) is 14.2. The van der Waals surface area contributed by atoms with E-state index in [0.717, 1.165) is 40.5 Å². The lowest BCUT2D eigenvalue weighted by molar-refractivity contribution is 0.389. The van der Waals surface area contributed by atoms with Crippen molar-refractivity contribution in [1.29, 1.82) is 0 Å². The fraction of sp³-hybridized carbons (Fsp3) is 0.200. The van der Waals surface area contributed by atoms with Crippen molar-refractivity contribution in [1.82, 2.24) is 5.32 Å². The van der Waals surface area contributed by atoms with Crippen molar-refractivity contribution >= 4 is 12.2 Å². The van der Waals surface area contributed by atoms with Gasteiger partial charge in [-0.05, 0) is 34.9 Å². The lowest BCUT2D eigenvalue weighted by atomic mass is 10.0. The Morgan fingerprint density at radius 3 is 2.10 bits per heavy atom. The largest absolute Gasteiger partial charge is 0.497 e. The number of rotatable bonds is 9. The Morgan fingerprint density at radius 1 is 0.724 bits per heavy atom. The van der Waals surface area contributed by atoms with Crippen LogP contribution in [0, 0.1) is 0 Å². The molecule has 0 aliphatic carbocycles. The summed E-state index contributed by atoms with van der Waals surface area (Å²) in [5.41, 5.74) is 4.48. The number of nitrogens with one attached hydrogen (secondary N) is 1. The minimum atomic E-state index is 0.685. The average Bonchev–Trinajstić information content (AvgIpc) is 2.79. The Balaban J connectivity index is 1.83. The average molecular weight is 389 g/mol. The van der Waals surface area contributed by atoms with E-state index in [-0.39, 0.29) is 0 Å². The van der Waals surface area contributed by atoms with Crippen LogP contribution in [0.3, 0.4) is 0 Å². The van der Waals surface area contributed by atoms with Crippen molar-refractivity contribution in [3.8, 4) is 17.2 Å². The lowest BCUT2D eigenvalue weighted by Crippen LogP contribution is -2.14. The summed E-state index contributed by atoms with van der Waals surface area (Å²) in [6.07, 6.45) is 4.17. The molecule has 29 heavy (non-hydrogen) atoms. The van der Waals surface area contributed by atoms with Gasteiger partial charge in [-0.3, -0.25) is 0 Å². The van der Waals surface area contributed by atoms with Crippen LogP contribution in [-0.2, 0) is 13.1 Å². The predicted octanol–water partition coefficient (Wildman–Crippen LogP) is 5.17. The van der Waals surface area contributed by atoms with Crippen LogP contribution in [0.15, 0.2) is 66.7 Å². The SMILES string of the molecule is COc1ccc(/C=C/c2cc(OC)cc(OC)c2CNCc2ccccc2)cc1. The minimum Gasteiger partial charge on any atom is -0.497 e. The molecule has 0 bridgehead atoms. The number of methoxy groups -OCH3 is 3. The van der Waals surface area contributed by atoms with Crippen LogP contribution in [0.4, 0.5) is 0 Å². The van der Waals surface area contributed by atoms with Gasteiger partial charge in [-0.2, -0.15) is 0 Å². The quantitative estimate of drug-likeness (QED) is 0.512. The van der Waals surface area contributed by atoms with Gasteiger partial charge >= 0.3 is 0 Å². The van der Waals surface area contributed by atoms with Crippen molar-refractivity contribution < 1.29 is 14.2 Å². The molecular weight excluding hydrogens is 362 g/mol. The van der Waals surface area contributed by atoms with Crippen LogP contribution in [-0.4, -0.2) is 21.3 Å². The van der Waals surface area contributed by atoms with Gasteiger partial charge in [0.05, 0.1) is 21.3 Å². The van der Waals surface area contributed by atoms with E-state index in [1.165, 1.54) is 5.56 Å². The summed E-state index contributed by atoms with van der Waals surface area (Å²) in [5.74, 6) is 2.42. The predicted molar refractivity (Wildman–Crippen MR) is 118 cm³/mol. The molecule has 0 heterocycles. The normalized spacial score (nSPS) is 10.9. The summed E-state index contributed by atoms with van der Waals surface area (Å²) in [7, 11) is 5.02. The third kappa shape index (κ3) is 5.62. The van der Waals surface area contributed by atoms with Gasteiger partial charge in [-0.25, -0.2) is 0 Å². The second-order valence-electron chi connectivity index (χ2n) is 6.59. The highest BCUT2D eigenvalue weighted by molar-refractivity contribution is 5.73. The second-order valence-corrected chi connectivity index (χ2v) is 6.59. The summed E-state index contributed by atoms with van der Waals surface area (Å²) in [5, 5.41) is 3.51. The van der Waals surface area contributed by atoms with Crippen LogP contribution in [0.2, 0.25) is 0 Å². The fourth-order valence-electron chi connectivity index (χ4n) is 3.11. The van der Waals surface area contributed by atoms with E-state index in [0.29, 0.717) is 6.54 Å². The highest BCUT2D eigenvalue weighted by atomic mass is 16.5. The summed E-state index contributed by atoms with van der Waals surface area (Å²) >= 11 is 0. The summed E-state index contributed by atoms with van der Waals surface area (Å²) < 4.78 is 16.3. The van der Waals surface area contributed by atoms with Crippen molar-refractivity contribution in [2.45, 2.75) is 13.1 Å². The van der Waals surface area contributed by atoms with Crippen molar-refractivity contribution in [2.75, 3.05) is 21.3 Å². The zero-order valence-electron chi connectivity index (χ0n) is 17.1. The molecule has 1 N–H and O–H groups in total. The highest BCUT2D eigenvalue weighted by Crippen LogP contribution is 2.30. The molecule has 3 aromatic carbocycles. The molecule has 0 aliphatic rings. The van der Waals surface area contributed by atoms with Gasteiger partial charge in [0.1, 0.15) is 17.2 Å². The van der Waals surface area contributed by atoms with Crippen LogP contribution in [0.25, 0.3) is 12.2 Å². The van der Waals surface area contributed by atoms with E-state index in [1.807, 2.05) is 54.6 Å². The molecule has 0 fully saturated rings. The number of ether oxygens (including phenoxy) is 3. The van der Waals surface area contributed by atoms with Gasteiger partial charge in [0.15, 0.2) is 0 Å². The molecule has 0 saturated carbocycles. The van der Waals surface area contributed by atoms with Crippen molar-refractivity contribution in [3.63, 3.8) is 0 Å². The van der Waals surface area contributed by atoms with Crippen LogP contribution >= 0.6 is 0 Å². The molecule has 0 aromatic heterocycles. The van der Waals surface area contributed by atoms with Gasteiger partial charge in [0, 0.05) is 24.7 Å². The van der Waals surface area contributed by atoms with E-state index in [4.69, 9.17) is 14.2 Å². The third-order valence-electron chi connectivity index (χ3n) is 4.72.